The molecule has 3 rings (SSSR count). The zero-order chi connectivity index (χ0) is 14.7. The van der Waals surface area contributed by atoms with Gasteiger partial charge in [0.25, 0.3) is 5.91 Å². The van der Waals surface area contributed by atoms with Gasteiger partial charge in [-0.2, -0.15) is 0 Å². The Morgan fingerprint density at radius 2 is 2.24 bits per heavy atom. The van der Waals surface area contributed by atoms with Crippen LogP contribution in [0.2, 0.25) is 0 Å². The SMILES string of the molecule is CN1CCCCC2(CN(Cc3ccccn3)CCO2)C1=O. The molecule has 1 aromatic rings. The van der Waals surface area contributed by atoms with E-state index < -0.39 is 5.60 Å². The molecule has 114 valence electrons. The zero-order valence-electron chi connectivity index (χ0n) is 12.6. The Labute approximate surface area is 125 Å². The third kappa shape index (κ3) is 3.09. The van der Waals surface area contributed by atoms with E-state index in [1.807, 2.05) is 36.3 Å². The van der Waals surface area contributed by atoms with E-state index in [1.165, 1.54) is 0 Å². The van der Waals surface area contributed by atoms with E-state index in [4.69, 9.17) is 4.74 Å². The molecule has 0 saturated carbocycles. The van der Waals surface area contributed by atoms with Crippen LogP contribution in [0.5, 0.6) is 0 Å². The van der Waals surface area contributed by atoms with Gasteiger partial charge in [-0.25, -0.2) is 0 Å². The summed E-state index contributed by atoms with van der Waals surface area (Å²) in [6.07, 6.45) is 4.76. The maximum absolute atomic E-state index is 12.7. The lowest BCUT2D eigenvalue weighted by Crippen LogP contribution is -2.59. The lowest BCUT2D eigenvalue weighted by Gasteiger charge is -2.42. The maximum Gasteiger partial charge on any atom is 0.255 e. The monoisotopic (exact) mass is 289 g/mol. The second-order valence-electron chi connectivity index (χ2n) is 6.06. The number of aromatic nitrogens is 1. The van der Waals surface area contributed by atoms with Gasteiger partial charge < -0.3 is 9.64 Å². The topological polar surface area (TPSA) is 45.7 Å². The fourth-order valence-corrected chi connectivity index (χ4v) is 3.31. The van der Waals surface area contributed by atoms with Gasteiger partial charge in [0.05, 0.1) is 12.3 Å². The predicted molar refractivity (Wildman–Crippen MR) is 79.7 cm³/mol. The van der Waals surface area contributed by atoms with Gasteiger partial charge in [-0.3, -0.25) is 14.7 Å². The molecule has 0 aromatic carbocycles. The molecule has 2 saturated heterocycles. The predicted octanol–water partition coefficient (Wildman–Crippen LogP) is 1.29. The van der Waals surface area contributed by atoms with E-state index in [9.17, 15) is 4.79 Å². The van der Waals surface area contributed by atoms with E-state index in [1.54, 1.807) is 0 Å². The summed E-state index contributed by atoms with van der Waals surface area (Å²) in [4.78, 5) is 21.2. The third-order valence-electron chi connectivity index (χ3n) is 4.44. The van der Waals surface area contributed by atoms with Crippen LogP contribution < -0.4 is 0 Å². The number of morpholine rings is 1. The first-order valence-electron chi connectivity index (χ1n) is 7.71. The van der Waals surface area contributed by atoms with Crippen molar-refractivity contribution >= 4 is 5.91 Å². The van der Waals surface area contributed by atoms with Gasteiger partial charge in [0.15, 0.2) is 5.60 Å². The van der Waals surface area contributed by atoms with Crippen molar-refractivity contribution in [3.63, 3.8) is 0 Å². The summed E-state index contributed by atoms with van der Waals surface area (Å²) in [5.41, 5.74) is 0.405. The first-order chi connectivity index (χ1) is 10.2. The summed E-state index contributed by atoms with van der Waals surface area (Å²) in [6.45, 7) is 3.77. The lowest BCUT2D eigenvalue weighted by molar-refractivity contribution is -0.170. The molecule has 5 heteroatoms. The molecule has 2 aliphatic heterocycles. The van der Waals surface area contributed by atoms with Crippen LogP contribution in [0.15, 0.2) is 24.4 Å². The molecule has 1 atom stereocenters. The summed E-state index contributed by atoms with van der Waals surface area (Å²) in [5.74, 6) is 0.144. The normalized spacial score (nSPS) is 27.9. The Bertz CT molecular complexity index is 494. The number of amides is 1. The Kier molecular flexibility index (Phi) is 4.22. The van der Waals surface area contributed by atoms with Crippen LogP contribution in [-0.4, -0.2) is 59.6 Å². The molecule has 0 bridgehead atoms. The van der Waals surface area contributed by atoms with Gasteiger partial charge in [0.2, 0.25) is 0 Å². The zero-order valence-corrected chi connectivity index (χ0v) is 12.6. The van der Waals surface area contributed by atoms with Gasteiger partial charge >= 0.3 is 0 Å². The fourth-order valence-electron chi connectivity index (χ4n) is 3.31. The Morgan fingerprint density at radius 3 is 3.05 bits per heavy atom. The van der Waals surface area contributed by atoms with Crippen LogP contribution in [0.3, 0.4) is 0 Å². The van der Waals surface area contributed by atoms with Crippen molar-refractivity contribution in [2.75, 3.05) is 33.3 Å². The molecule has 0 N–H and O–H groups in total. The van der Waals surface area contributed by atoms with Gasteiger partial charge in [0.1, 0.15) is 0 Å². The van der Waals surface area contributed by atoms with Crippen molar-refractivity contribution < 1.29 is 9.53 Å². The van der Waals surface area contributed by atoms with E-state index >= 15 is 0 Å². The highest BCUT2D eigenvalue weighted by atomic mass is 16.5. The maximum atomic E-state index is 12.7. The molecule has 5 nitrogen and oxygen atoms in total. The number of likely N-dealkylation sites (tertiary alicyclic amines) is 1. The fraction of sp³-hybridized carbons (Fsp3) is 0.625. The number of ether oxygens (including phenoxy) is 1. The Morgan fingerprint density at radius 1 is 1.33 bits per heavy atom. The molecule has 0 aliphatic carbocycles. The number of hydrogen-bond acceptors (Lipinski definition) is 4. The molecule has 1 amide bonds. The number of likely N-dealkylation sites (N-methyl/N-ethyl adjacent to an activating group) is 1. The van der Waals surface area contributed by atoms with Crippen molar-refractivity contribution in [3.05, 3.63) is 30.1 Å². The van der Waals surface area contributed by atoms with Crippen molar-refractivity contribution in [2.45, 2.75) is 31.4 Å². The van der Waals surface area contributed by atoms with Crippen LogP contribution in [-0.2, 0) is 16.1 Å². The average molecular weight is 289 g/mol. The van der Waals surface area contributed by atoms with Crippen molar-refractivity contribution in [3.8, 4) is 0 Å². The van der Waals surface area contributed by atoms with Crippen molar-refractivity contribution in [2.24, 2.45) is 0 Å². The van der Waals surface area contributed by atoms with Crippen molar-refractivity contribution in [1.82, 2.24) is 14.8 Å². The number of nitrogens with zero attached hydrogens (tertiary/aromatic N) is 3. The number of carbonyl (C=O) groups excluding carboxylic acids is 1. The van der Waals surface area contributed by atoms with Gasteiger partial charge in [-0.05, 0) is 31.4 Å². The quantitative estimate of drug-likeness (QED) is 0.823. The summed E-state index contributed by atoms with van der Waals surface area (Å²) in [5, 5.41) is 0. The Balaban J connectivity index is 1.73. The van der Waals surface area contributed by atoms with Crippen LogP contribution in [0, 0.1) is 0 Å². The smallest absolute Gasteiger partial charge is 0.255 e. The number of pyridine rings is 1. The number of hydrogen-bond donors (Lipinski definition) is 0. The molecule has 1 aromatic heterocycles. The summed E-state index contributed by atoms with van der Waals surface area (Å²) >= 11 is 0. The molecule has 2 aliphatic rings. The molecule has 2 fully saturated rings. The molecule has 0 radical (unpaired) electrons. The van der Waals surface area contributed by atoms with Crippen LogP contribution in [0.1, 0.15) is 25.0 Å². The first kappa shape index (κ1) is 14.5. The van der Waals surface area contributed by atoms with Gasteiger partial charge in [0, 0.05) is 39.4 Å². The van der Waals surface area contributed by atoms with E-state index in [0.717, 1.165) is 44.6 Å². The highest BCUT2D eigenvalue weighted by Crippen LogP contribution is 2.29. The highest BCUT2D eigenvalue weighted by Gasteiger charge is 2.45. The first-order valence-corrected chi connectivity index (χ1v) is 7.71. The molecule has 21 heavy (non-hydrogen) atoms. The lowest BCUT2D eigenvalue weighted by atomic mass is 9.94. The average Bonchev–Trinajstić information content (AvgIpc) is 2.63. The summed E-state index contributed by atoms with van der Waals surface area (Å²) < 4.78 is 5.98. The minimum Gasteiger partial charge on any atom is -0.362 e. The molecular formula is C16H23N3O2. The second-order valence-corrected chi connectivity index (χ2v) is 6.06. The second kappa shape index (κ2) is 6.12. The number of rotatable bonds is 2. The van der Waals surface area contributed by atoms with Crippen LogP contribution >= 0.6 is 0 Å². The van der Waals surface area contributed by atoms with Crippen LogP contribution in [0.4, 0.5) is 0 Å². The third-order valence-corrected chi connectivity index (χ3v) is 4.44. The number of carbonyl (C=O) groups is 1. The largest absolute Gasteiger partial charge is 0.362 e. The van der Waals surface area contributed by atoms with Gasteiger partial charge in [-0.15, -0.1) is 0 Å². The van der Waals surface area contributed by atoms with Crippen molar-refractivity contribution in [1.29, 1.82) is 0 Å². The molecule has 1 unspecified atom stereocenters. The molecular weight excluding hydrogens is 266 g/mol. The minimum absolute atomic E-state index is 0.144. The summed E-state index contributed by atoms with van der Waals surface area (Å²) in [7, 11) is 1.89. The van der Waals surface area contributed by atoms with Gasteiger partial charge in [-0.1, -0.05) is 6.07 Å². The van der Waals surface area contributed by atoms with E-state index in [0.29, 0.717) is 13.2 Å². The summed E-state index contributed by atoms with van der Waals surface area (Å²) in [6, 6.07) is 5.96. The molecule has 3 heterocycles. The van der Waals surface area contributed by atoms with E-state index in [2.05, 4.69) is 9.88 Å². The highest BCUT2D eigenvalue weighted by molar-refractivity contribution is 5.85. The van der Waals surface area contributed by atoms with Crippen LogP contribution in [0.25, 0.3) is 0 Å². The standard InChI is InChI=1S/C16H23N3O2/c1-18-9-5-3-7-16(15(18)20)13-19(10-11-21-16)12-14-6-2-4-8-17-14/h2,4,6,8H,3,5,7,9-13H2,1H3. The Hall–Kier alpha value is -1.46. The minimum atomic E-state index is -0.641. The molecule has 1 spiro atoms. The van der Waals surface area contributed by atoms with E-state index in [-0.39, 0.29) is 5.91 Å².